The van der Waals surface area contributed by atoms with E-state index in [0.717, 1.165) is 17.8 Å². The lowest BCUT2D eigenvalue weighted by Crippen LogP contribution is -2.00. The Morgan fingerprint density at radius 2 is 1.70 bits per heavy atom. The summed E-state index contributed by atoms with van der Waals surface area (Å²) >= 11 is 0. The van der Waals surface area contributed by atoms with Crippen LogP contribution < -0.4 is 5.73 Å². The molecule has 2 N–H and O–H groups in total. The van der Waals surface area contributed by atoms with Gasteiger partial charge in [0.1, 0.15) is 5.69 Å². The van der Waals surface area contributed by atoms with Gasteiger partial charge in [-0.25, -0.2) is 0 Å². The lowest BCUT2D eigenvalue weighted by molar-refractivity contribution is 0.689. The van der Waals surface area contributed by atoms with Gasteiger partial charge in [-0.15, -0.1) is 0 Å². The largest absolute Gasteiger partial charge is 0.396 e. The van der Waals surface area contributed by atoms with Crippen LogP contribution in [0.3, 0.4) is 0 Å². The summed E-state index contributed by atoms with van der Waals surface area (Å²) in [5.41, 5.74) is 11.2. The maximum absolute atomic E-state index is 6.07. The van der Waals surface area contributed by atoms with Crippen LogP contribution in [0.5, 0.6) is 0 Å². The molecule has 0 saturated carbocycles. The van der Waals surface area contributed by atoms with Gasteiger partial charge in [0.2, 0.25) is 0 Å². The molecule has 0 atom stereocenters. The van der Waals surface area contributed by atoms with E-state index >= 15 is 0 Å². The Morgan fingerprint density at radius 3 is 2.40 bits per heavy atom. The van der Waals surface area contributed by atoms with Gasteiger partial charge in [0.05, 0.1) is 12.2 Å². The summed E-state index contributed by atoms with van der Waals surface area (Å²) in [6.45, 7) is 2.82. The Kier molecular flexibility index (Phi) is 3.25. The number of hydrogen-bond acceptors (Lipinski definition) is 2. The van der Waals surface area contributed by atoms with E-state index in [0.29, 0.717) is 5.69 Å². The minimum Gasteiger partial charge on any atom is -0.396 e. The minimum absolute atomic E-state index is 0.711. The van der Waals surface area contributed by atoms with Crippen LogP contribution in [0.2, 0.25) is 0 Å². The number of nitrogens with zero attached hydrogens (tertiary/aromatic N) is 2. The standard InChI is InChI=1S/C17H17N3/c1-13-7-9-14(10-8-13)11-20-12-16(18)17(19-20)15-5-3-2-4-6-15/h2-10,12H,11,18H2,1H3. The Bertz CT molecular complexity index is 697. The van der Waals surface area contributed by atoms with Crippen molar-refractivity contribution in [3.05, 3.63) is 71.9 Å². The fourth-order valence-electron chi connectivity index (χ4n) is 2.22. The van der Waals surface area contributed by atoms with Crippen molar-refractivity contribution >= 4 is 5.69 Å². The summed E-state index contributed by atoms with van der Waals surface area (Å²) in [7, 11) is 0. The van der Waals surface area contributed by atoms with Crippen molar-refractivity contribution in [2.24, 2.45) is 0 Å². The molecule has 3 nitrogen and oxygen atoms in total. The SMILES string of the molecule is Cc1ccc(Cn2cc(N)c(-c3ccccc3)n2)cc1. The molecule has 0 aliphatic carbocycles. The van der Waals surface area contributed by atoms with Gasteiger partial charge < -0.3 is 5.73 Å². The monoisotopic (exact) mass is 263 g/mol. The number of nitrogens with two attached hydrogens (primary N) is 1. The van der Waals surface area contributed by atoms with Gasteiger partial charge in [0, 0.05) is 11.8 Å². The average Bonchev–Trinajstić information content (AvgIpc) is 2.83. The molecule has 100 valence electrons. The molecule has 0 radical (unpaired) electrons. The summed E-state index contributed by atoms with van der Waals surface area (Å²) in [6, 6.07) is 18.5. The summed E-state index contributed by atoms with van der Waals surface area (Å²) in [4.78, 5) is 0. The van der Waals surface area contributed by atoms with Crippen LogP contribution in [0, 0.1) is 6.92 Å². The average molecular weight is 263 g/mol. The van der Waals surface area contributed by atoms with Gasteiger partial charge in [-0.05, 0) is 12.5 Å². The summed E-state index contributed by atoms with van der Waals surface area (Å²) in [5.74, 6) is 0. The molecular formula is C17H17N3. The first kappa shape index (κ1) is 12.5. The number of hydrogen-bond donors (Lipinski definition) is 1. The highest BCUT2D eigenvalue weighted by molar-refractivity contribution is 5.71. The summed E-state index contributed by atoms with van der Waals surface area (Å²) in [5, 5.41) is 4.59. The maximum atomic E-state index is 6.07. The Balaban J connectivity index is 1.87. The van der Waals surface area contributed by atoms with Crippen molar-refractivity contribution in [3.8, 4) is 11.3 Å². The molecule has 0 bridgehead atoms. The lowest BCUT2D eigenvalue weighted by Gasteiger charge is -2.02. The van der Waals surface area contributed by atoms with E-state index in [4.69, 9.17) is 5.73 Å². The third-order valence-electron chi connectivity index (χ3n) is 3.30. The Hall–Kier alpha value is -2.55. The van der Waals surface area contributed by atoms with Crippen LogP contribution in [0.4, 0.5) is 5.69 Å². The highest BCUT2D eigenvalue weighted by Crippen LogP contribution is 2.23. The van der Waals surface area contributed by atoms with Gasteiger partial charge >= 0.3 is 0 Å². The number of benzene rings is 2. The maximum Gasteiger partial charge on any atom is 0.115 e. The van der Waals surface area contributed by atoms with Crippen LogP contribution in [0.1, 0.15) is 11.1 Å². The van der Waals surface area contributed by atoms with Crippen LogP contribution in [0.15, 0.2) is 60.8 Å². The zero-order chi connectivity index (χ0) is 13.9. The number of nitrogen functional groups attached to an aromatic ring is 1. The van der Waals surface area contributed by atoms with Gasteiger partial charge in [0.25, 0.3) is 0 Å². The molecule has 2 aromatic carbocycles. The molecule has 0 unspecified atom stereocenters. The van der Waals surface area contributed by atoms with E-state index in [9.17, 15) is 0 Å². The Labute approximate surface area is 118 Å². The normalized spacial score (nSPS) is 10.7. The molecule has 0 aliphatic heterocycles. The van der Waals surface area contributed by atoms with Gasteiger partial charge in [-0.1, -0.05) is 60.2 Å². The number of anilines is 1. The lowest BCUT2D eigenvalue weighted by atomic mass is 10.1. The van der Waals surface area contributed by atoms with Crippen molar-refractivity contribution in [2.75, 3.05) is 5.73 Å². The van der Waals surface area contributed by atoms with Crippen molar-refractivity contribution in [2.45, 2.75) is 13.5 Å². The molecule has 3 rings (SSSR count). The van der Waals surface area contributed by atoms with Crippen molar-refractivity contribution in [1.29, 1.82) is 0 Å². The molecule has 1 aromatic heterocycles. The molecule has 0 amide bonds. The molecule has 20 heavy (non-hydrogen) atoms. The van der Waals surface area contributed by atoms with E-state index in [1.54, 1.807) is 0 Å². The minimum atomic E-state index is 0.711. The molecule has 1 heterocycles. The second-order valence-corrected chi connectivity index (χ2v) is 4.98. The second kappa shape index (κ2) is 5.21. The number of aryl methyl sites for hydroxylation is 1. The molecule has 0 fully saturated rings. The first-order valence-corrected chi connectivity index (χ1v) is 6.66. The molecular weight excluding hydrogens is 246 g/mol. The quantitative estimate of drug-likeness (QED) is 0.786. The van der Waals surface area contributed by atoms with E-state index in [1.807, 2.05) is 41.2 Å². The zero-order valence-electron chi connectivity index (χ0n) is 11.5. The smallest absolute Gasteiger partial charge is 0.115 e. The topological polar surface area (TPSA) is 43.8 Å². The molecule has 3 aromatic rings. The summed E-state index contributed by atoms with van der Waals surface area (Å²) < 4.78 is 1.89. The van der Waals surface area contributed by atoms with Gasteiger partial charge in [0.15, 0.2) is 0 Å². The van der Waals surface area contributed by atoms with E-state index < -0.39 is 0 Å². The van der Waals surface area contributed by atoms with Crippen LogP contribution >= 0.6 is 0 Å². The van der Waals surface area contributed by atoms with Crippen molar-refractivity contribution < 1.29 is 0 Å². The van der Waals surface area contributed by atoms with E-state index in [2.05, 4.69) is 36.3 Å². The van der Waals surface area contributed by atoms with Gasteiger partial charge in [-0.2, -0.15) is 5.10 Å². The predicted octanol–water partition coefficient (Wildman–Crippen LogP) is 3.49. The van der Waals surface area contributed by atoms with Crippen LogP contribution in [0.25, 0.3) is 11.3 Å². The molecule has 0 aliphatic rings. The highest BCUT2D eigenvalue weighted by atomic mass is 15.3. The van der Waals surface area contributed by atoms with Crippen molar-refractivity contribution in [3.63, 3.8) is 0 Å². The third kappa shape index (κ3) is 2.57. The summed E-state index contributed by atoms with van der Waals surface area (Å²) in [6.07, 6.45) is 1.89. The highest BCUT2D eigenvalue weighted by Gasteiger charge is 2.08. The number of rotatable bonds is 3. The third-order valence-corrected chi connectivity index (χ3v) is 3.30. The van der Waals surface area contributed by atoms with Crippen molar-refractivity contribution in [1.82, 2.24) is 9.78 Å². The van der Waals surface area contributed by atoms with Gasteiger partial charge in [-0.3, -0.25) is 4.68 Å². The predicted molar refractivity (Wildman–Crippen MR) is 82.4 cm³/mol. The van der Waals surface area contributed by atoms with Crippen LogP contribution in [-0.4, -0.2) is 9.78 Å². The molecule has 3 heteroatoms. The zero-order valence-corrected chi connectivity index (χ0v) is 11.5. The molecule has 0 spiro atoms. The van der Waals surface area contributed by atoms with Crippen LogP contribution in [-0.2, 0) is 6.54 Å². The fraction of sp³-hybridized carbons (Fsp3) is 0.118. The second-order valence-electron chi connectivity index (χ2n) is 4.98. The first-order valence-electron chi connectivity index (χ1n) is 6.66. The van der Waals surface area contributed by atoms with E-state index in [-0.39, 0.29) is 0 Å². The number of aromatic nitrogens is 2. The fourth-order valence-corrected chi connectivity index (χ4v) is 2.22. The first-order chi connectivity index (χ1) is 9.72. The van der Waals surface area contributed by atoms with E-state index in [1.165, 1.54) is 11.1 Å². The Morgan fingerprint density at radius 1 is 1.00 bits per heavy atom. The molecule has 0 saturated heterocycles.